The van der Waals surface area contributed by atoms with Gasteiger partial charge in [0.2, 0.25) is 5.88 Å². The van der Waals surface area contributed by atoms with Gasteiger partial charge < -0.3 is 14.5 Å². The first kappa shape index (κ1) is 17.5. The highest BCUT2D eigenvalue weighted by molar-refractivity contribution is 7.08. The van der Waals surface area contributed by atoms with Crippen LogP contribution in [0.1, 0.15) is 35.1 Å². The van der Waals surface area contributed by atoms with Crippen molar-refractivity contribution >= 4 is 23.3 Å². The normalized spacial score (nSPS) is 16.9. The van der Waals surface area contributed by atoms with Crippen LogP contribution in [-0.2, 0) is 6.42 Å². The Hall–Kier alpha value is -2.29. The maximum atomic E-state index is 12.7. The first-order valence-corrected chi connectivity index (χ1v) is 9.12. The number of rotatable bonds is 6. The molecule has 3 rings (SSSR count). The minimum absolute atomic E-state index is 0.00215. The van der Waals surface area contributed by atoms with E-state index in [1.807, 2.05) is 23.9 Å². The molecule has 1 aliphatic heterocycles. The van der Waals surface area contributed by atoms with Gasteiger partial charge in [0.1, 0.15) is 11.0 Å². The molecular formula is C16H22N6O2S. The van der Waals surface area contributed by atoms with Crippen LogP contribution >= 0.6 is 11.5 Å². The number of aryl methyl sites for hydroxylation is 1. The van der Waals surface area contributed by atoms with Crippen LogP contribution in [0.25, 0.3) is 0 Å². The summed E-state index contributed by atoms with van der Waals surface area (Å²) in [6, 6.07) is 0. The van der Waals surface area contributed by atoms with Crippen LogP contribution < -0.4 is 9.64 Å². The van der Waals surface area contributed by atoms with Crippen molar-refractivity contribution in [2.24, 2.45) is 0 Å². The number of amides is 1. The van der Waals surface area contributed by atoms with Crippen molar-refractivity contribution in [1.29, 1.82) is 0 Å². The van der Waals surface area contributed by atoms with Crippen molar-refractivity contribution in [1.82, 2.24) is 24.5 Å². The van der Waals surface area contributed by atoms with E-state index in [-0.39, 0.29) is 12.0 Å². The summed E-state index contributed by atoms with van der Waals surface area (Å²) in [6.45, 7) is 3.26. The van der Waals surface area contributed by atoms with E-state index in [9.17, 15) is 4.79 Å². The Balaban J connectivity index is 1.62. The van der Waals surface area contributed by atoms with E-state index in [0.717, 1.165) is 30.8 Å². The van der Waals surface area contributed by atoms with E-state index < -0.39 is 0 Å². The summed E-state index contributed by atoms with van der Waals surface area (Å²) in [4.78, 5) is 25.6. The molecule has 0 saturated carbocycles. The standard InChI is InChI=1S/C16H22N6O2S/c1-4-5-12-15(25-20-19-12)16(23)22-7-6-11(10-22)24-14-9-17-8-13(18-14)21(2)3/h8-9,11H,4-7,10H2,1-3H3. The largest absolute Gasteiger partial charge is 0.471 e. The second-order valence-electron chi connectivity index (χ2n) is 6.19. The lowest BCUT2D eigenvalue weighted by atomic mass is 10.2. The number of anilines is 1. The fourth-order valence-electron chi connectivity index (χ4n) is 2.71. The second-order valence-corrected chi connectivity index (χ2v) is 6.94. The number of hydrogen-bond acceptors (Lipinski definition) is 8. The lowest BCUT2D eigenvalue weighted by Crippen LogP contribution is -2.31. The lowest BCUT2D eigenvalue weighted by molar-refractivity contribution is 0.0774. The summed E-state index contributed by atoms with van der Waals surface area (Å²) in [5.74, 6) is 1.22. The maximum Gasteiger partial charge on any atom is 0.267 e. The van der Waals surface area contributed by atoms with Crippen LogP contribution in [0.15, 0.2) is 12.4 Å². The molecule has 2 aromatic rings. The number of hydrogen-bond donors (Lipinski definition) is 0. The van der Waals surface area contributed by atoms with Gasteiger partial charge in [-0.15, -0.1) is 5.10 Å². The SMILES string of the molecule is CCCc1nnsc1C(=O)N1CCC(Oc2cncc(N(C)C)n2)C1. The van der Waals surface area contributed by atoms with Gasteiger partial charge >= 0.3 is 0 Å². The second kappa shape index (κ2) is 7.73. The van der Waals surface area contributed by atoms with Crippen LogP contribution in [0.2, 0.25) is 0 Å². The number of nitrogens with zero attached hydrogens (tertiary/aromatic N) is 6. The zero-order valence-electron chi connectivity index (χ0n) is 14.7. The molecule has 0 radical (unpaired) electrons. The Morgan fingerprint density at radius 3 is 3.04 bits per heavy atom. The highest BCUT2D eigenvalue weighted by Gasteiger charge is 2.31. The topological polar surface area (TPSA) is 84.3 Å². The molecule has 1 unspecified atom stereocenters. The third-order valence-electron chi connectivity index (χ3n) is 4.01. The molecular weight excluding hydrogens is 340 g/mol. The van der Waals surface area contributed by atoms with Gasteiger partial charge in [0.15, 0.2) is 5.82 Å². The Kier molecular flexibility index (Phi) is 5.42. The highest BCUT2D eigenvalue weighted by Crippen LogP contribution is 2.22. The van der Waals surface area contributed by atoms with E-state index in [1.54, 1.807) is 12.4 Å². The molecule has 1 fully saturated rings. The molecule has 134 valence electrons. The van der Waals surface area contributed by atoms with Crippen molar-refractivity contribution in [3.8, 4) is 5.88 Å². The van der Waals surface area contributed by atoms with Gasteiger partial charge in [-0.1, -0.05) is 17.8 Å². The monoisotopic (exact) mass is 362 g/mol. The van der Waals surface area contributed by atoms with Crippen LogP contribution in [0, 0.1) is 0 Å². The van der Waals surface area contributed by atoms with Gasteiger partial charge in [0.05, 0.1) is 24.6 Å². The van der Waals surface area contributed by atoms with Gasteiger partial charge in [-0.2, -0.15) is 4.98 Å². The average Bonchev–Trinajstić information content (AvgIpc) is 3.24. The molecule has 2 aromatic heterocycles. The first-order chi connectivity index (χ1) is 12.1. The van der Waals surface area contributed by atoms with Crippen molar-refractivity contribution in [2.45, 2.75) is 32.3 Å². The third-order valence-corrected chi connectivity index (χ3v) is 4.77. The van der Waals surface area contributed by atoms with Gasteiger partial charge in [-0.3, -0.25) is 9.78 Å². The molecule has 0 aliphatic carbocycles. The number of carbonyl (C=O) groups excluding carboxylic acids is 1. The Morgan fingerprint density at radius 2 is 2.28 bits per heavy atom. The quantitative estimate of drug-likeness (QED) is 0.772. The Labute approximate surface area is 151 Å². The summed E-state index contributed by atoms with van der Waals surface area (Å²) in [5, 5.41) is 4.08. The summed E-state index contributed by atoms with van der Waals surface area (Å²) in [7, 11) is 3.81. The highest BCUT2D eigenvalue weighted by atomic mass is 32.1. The molecule has 8 nitrogen and oxygen atoms in total. The molecule has 0 N–H and O–H groups in total. The van der Waals surface area contributed by atoms with E-state index in [1.165, 1.54) is 11.5 Å². The van der Waals surface area contributed by atoms with Crippen molar-refractivity contribution in [2.75, 3.05) is 32.1 Å². The summed E-state index contributed by atoms with van der Waals surface area (Å²) < 4.78 is 9.86. The average molecular weight is 362 g/mol. The molecule has 0 bridgehead atoms. The van der Waals surface area contributed by atoms with Gasteiger partial charge in [0, 0.05) is 27.1 Å². The minimum atomic E-state index is -0.0776. The van der Waals surface area contributed by atoms with Crippen LogP contribution in [-0.4, -0.2) is 63.7 Å². The van der Waals surface area contributed by atoms with Gasteiger partial charge in [0.25, 0.3) is 5.91 Å². The molecule has 1 aliphatic rings. The summed E-state index contributed by atoms with van der Waals surface area (Å²) in [6.07, 6.45) is 5.70. The maximum absolute atomic E-state index is 12.7. The van der Waals surface area contributed by atoms with Gasteiger partial charge in [-0.05, 0) is 18.0 Å². The van der Waals surface area contributed by atoms with Crippen LogP contribution in [0.5, 0.6) is 5.88 Å². The van der Waals surface area contributed by atoms with E-state index in [4.69, 9.17) is 4.74 Å². The predicted molar refractivity (Wildman–Crippen MR) is 95.2 cm³/mol. The molecule has 9 heteroatoms. The van der Waals surface area contributed by atoms with Crippen molar-refractivity contribution in [3.63, 3.8) is 0 Å². The fourth-order valence-corrected chi connectivity index (χ4v) is 3.38. The van der Waals surface area contributed by atoms with Crippen LogP contribution in [0.4, 0.5) is 5.82 Å². The predicted octanol–water partition coefficient (Wildman–Crippen LogP) is 1.64. The Bertz CT molecular complexity index is 735. The number of aromatic nitrogens is 4. The fraction of sp³-hybridized carbons (Fsp3) is 0.562. The number of ether oxygens (including phenoxy) is 1. The smallest absolute Gasteiger partial charge is 0.267 e. The van der Waals surface area contributed by atoms with Crippen LogP contribution in [0.3, 0.4) is 0 Å². The molecule has 1 amide bonds. The first-order valence-electron chi connectivity index (χ1n) is 8.35. The number of carbonyl (C=O) groups is 1. The van der Waals surface area contributed by atoms with E-state index in [2.05, 4.69) is 26.5 Å². The summed E-state index contributed by atoms with van der Waals surface area (Å²) in [5.41, 5.74) is 0.798. The lowest BCUT2D eigenvalue weighted by Gasteiger charge is -2.17. The van der Waals surface area contributed by atoms with E-state index >= 15 is 0 Å². The van der Waals surface area contributed by atoms with Crippen molar-refractivity contribution in [3.05, 3.63) is 23.0 Å². The molecule has 0 aromatic carbocycles. The molecule has 1 atom stereocenters. The molecule has 25 heavy (non-hydrogen) atoms. The third kappa shape index (κ3) is 4.04. The van der Waals surface area contributed by atoms with Crippen molar-refractivity contribution < 1.29 is 9.53 Å². The Morgan fingerprint density at radius 1 is 1.44 bits per heavy atom. The zero-order chi connectivity index (χ0) is 17.8. The molecule has 1 saturated heterocycles. The minimum Gasteiger partial charge on any atom is -0.471 e. The zero-order valence-corrected chi connectivity index (χ0v) is 15.5. The molecule has 0 spiro atoms. The van der Waals surface area contributed by atoms with E-state index in [0.29, 0.717) is 23.8 Å². The molecule has 3 heterocycles. The summed E-state index contributed by atoms with van der Waals surface area (Å²) >= 11 is 1.17. The van der Waals surface area contributed by atoms with Gasteiger partial charge in [-0.25, -0.2) is 0 Å². The number of likely N-dealkylation sites (tertiary alicyclic amines) is 1.